The van der Waals surface area contributed by atoms with E-state index in [1.54, 1.807) is 13.0 Å². The molecule has 0 aliphatic carbocycles. The Hall–Kier alpha value is -1.81. The van der Waals surface area contributed by atoms with Gasteiger partial charge in [0.05, 0.1) is 6.61 Å². The maximum absolute atomic E-state index is 11.9. The quantitative estimate of drug-likeness (QED) is 0.630. The topological polar surface area (TPSA) is 64.3 Å². The molecule has 0 saturated carbocycles. The summed E-state index contributed by atoms with van der Waals surface area (Å²) in [5.41, 5.74) is 7.73. The standard InChI is InChI=1S/C14H18N2O2/c1-9(15)7-13(17)10-3-4-11-12(16-2)5-6-18-14(11)8-10/h3-4,7-8,12,16H,5-6,15H2,1-2H3/b9-7-/t12-/m1/s1. The average molecular weight is 246 g/mol. The van der Waals surface area contributed by atoms with Gasteiger partial charge in [0.25, 0.3) is 0 Å². The zero-order chi connectivity index (χ0) is 13.1. The smallest absolute Gasteiger partial charge is 0.187 e. The van der Waals surface area contributed by atoms with Gasteiger partial charge in [-0.1, -0.05) is 12.1 Å². The Balaban J connectivity index is 2.33. The molecule has 0 unspecified atom stereocenters. The summed E-state index contributed by atoms with van der Waals surface area (Å²) in [4.78, 5) is 11.9. The predicted octanol–water partition coefficient (Wildman–Crippen LogP) is 1.77. The fraction of sp³-hybridized carbons (Fsp3) is 0.357. The lowest BCUT2D eigenvalue weighted by Gasteiger charge is -2.25. The number of carbonyl (C=O) groups excluding carboxylic acids is 1. The van der Waals surface area contributed by atoms with Crippen molar-refractivity contribution >= 4 is 5.78 Å². The highest BCUT2D eigenvalue weighted by atomic mass is 16.5. The Morgan fingerprint density at radius 1 is 1.56 bits per heavy atom. The number of nitrogens with two attached hydrogens (primary N) is 1. The third kappa shape index (κ3) is 2.54. The van der Waals surface area contributed by atoms with Crippen LogP contribution in [0.5, 0.6) is 5.75 Å². The van der Waals surface area contributed by atoms with E-state index in [9.17, 15) is 4.79 Å². The van der Waals surface area contributed by atoms with Crippen LogP contribution in [0.3, 0.4) is 0 Å². The van der Waals surface area contributed by atoms with Crippen LogP contribution >= 0.6 is 0 Å². The molecule has 1 aliphatic heterocycles. The number of nitrogens with one attached hydrogen (secondary N) is 1. The van der Waals surface area contributed by atoms with Crippen molar-refractivity contribution in [2.45, 2.75) is 19.4 Å². The van der Waals surface area contributed by atoms with Gasteiger partial charge in [0.15, 0.2) is 5.78 Å². The lowest BCUT2D eigenvalue weighted by atomic mass is 9.97. The normalized spacial score (nSPS) is 19.0. The third-order valence-corrected chi connectivity index (χ3v) is 3.04. The van der Waals surface area contributed by atoms with Crippen molar-refractivity contribution in [2.75, 3.05) is 13.7 Å². The Morgan fingerprint density at radius 3 is 3.00 bits per heavy atom. The molecule has 0 aromatic heterocycles. The van der Waals surface area contributed by atoms with Crippen molar-refractivity contribution in [3.05, 3.63) is 41.1 Å². The molecule has 0 fully saturated rings. The minimum Gasteiger partial charge on any atom is -0.493 e. The summed E-state index contributed by atoms with van der Waals surface area (Å²) in [6, 6.07) is 5.85. The lowest BCUT2D eigenvalue weighted by molar-refractivity contribution is 0.104. The van der Waals surface area contributed by atoms with Crippen molar-refractivity contribution in [3.8, 4) is 5.75 Å². The number of carbonyl (C=O) groups is 1. The summed E-state index contributed by atoms with van der Waals surface area (Å²) in [5, 5.41) is 3.24. The molecule has 18 heavy (non-hydrogen) atoms. The number of hydrogen-bond acceptors (Lipinski definition) is 4. The Kier molecular flexibility index (Phi) is 3.67. The molecule has 2 rings (SSSR count). The molecule has 0 spiro atoms. The summed E-state index contributed by atoms with van der Waals surface area (Å²) >= 11 is 0. The van der Waals surface area contributed by atoms with Gasteiger partial charge in [0, 0.05) is 35.4 Å². The first kappa shape index (κ1) is 12.6. The van der Waals surface area contributed by atoms with Gasteiger partial charge in [0.2, 0.25) is 0 Å². The molecular weight excluding hydrogens is 228 g/mol. The van der Waals surface area contributed by atoms with Gasteiger partial charge in [-0.2, -0.15) is 0 Å². The summed E-state index contributed by atoms with van der Waals surface area (Å²) < 4.78 is 5.61. The zero-order valence-corrected chi connectivity index (χ0v) is 10.7. The zero-order valence-electron chi connectivity index (χ0n) is 10.7. The molecule has 0 bridgehead atoms. The first-order valence-electron chi connectivity index (χ1n) is 6.04. The number of allylic oxidation sites excluding steroid dienone is 2. The Labute approximate surface area is 107 Å². The molecule has 0 amide bonds. The SMILES string of the molecule is CN[C@@H]1CCOc2cc(C(=O)/C=C(/C)N)ccc21. The molecule has 1 aromatic rings. The number of hydrogen-bond donors (Lipinski definition) is 2. The van der Waals surface area contributed by atoms with Crippen molar-refractivity contribution in [1.29, 1.82) is 0 Å². The molecule has 1 heterocycles. The van der Waals surface area contributed by atoms with Crippen LogP contribution in [0.15, 0.2) is 30.0 Å². The summed E-state index contributed by atoms with van der Waals surface area (Å²) in [6.45, 7) is 2.37. The van der Waals surface area contributed by atoms with Gasteiger partial charge in [-0.3, -0.25) is 4.79 Å². The van der Waals surface area contributed by atoms with Crippen molar-refractivity contribution < 1.29 is 9.53 Å². The van der Waals surface area contributed by atoms with E-state index < -0.39 is 0 Å². The van der Waals surface area contributed by atoms with Crippen LogP contribution in [0.1, 0.15) is 35.3 Å². The van der Waals surface area contributed by atoms with Crippen LogP contribution < -0.4 is 15.8 Å². The maximum Gasteiger partial charge on any atom is 0.187 e. The van der Waals surface area contributed by atoms with E-state index in [1.165, 1.54) is 6.08 Å². The van der Waals surface area contributed by atoms with Crippen molar-refractivity contribution in [1.82, 2.24) is 5.32 Å². The minimum absolute atomic E-state index is 0.0898. The van der Waals surface area contributed by atoms with E-state index >= 15 is 0 Å². The summed E-state index contributed by atoms with van der Waals surface area (Å²) in [6.07, 6.45) is 2.37. The van der Waals surface area contributed by atoms with E-state index in [0.717, 1.165) is 17.7 Å². The van der Waals surface area contributed by atoms with Crippen LogP contribution in [0, 0.1) is 0 Å². The number of ether oxygens (including phenoxy) is 1. The predicted molar refractivity (Wildman–Crippen MR) is 70.6 cm³/mol. The molecule has 0 saturated heterocycles. The first-order chi connectivity index (χ1) is 8.61. The Bertz CT molecular complexity index is 491. The van der Waals surface area contributed by atoms with Crippen molar-refractivity contribution in [2.24, 2.45) is 5.73 Å². The van der Waals surface area contributed by atoms with Crippen LogP contribution in [0.2, 0.25) is 0 Å². The van der Waals surface area contributed by atoms with Gasteiger partial charge in [0.1, 0.15) is 5.75 Å². The molecule has 0 radical (unpaired) electrons. The second-order valence-electron chi connectivity index (χ2n) is 4.48. The van der Waals surface area contributed by atoms with Crippen LogP contribution in [0.25, 0.3) is 0 Å². The molecule has 1 aromatic carbocycles. The third-order valence-electron chi connectivity index (χ3n) is 3.04. The van der Waals surface area contributed by atoms with E-state index in [2.05, 4.69) is 5.32 Å². The van der Waals surface area contributed by atoms with Crippen molar-refractivity contribution in [3.63, 3.8) is 0 Å². The number of benzene rings is 1. The van der Waals surface area contributed by atoms with Crippen LogP contribution in [-0.2, 0) is 0 Å². The van der Waals surface area contributed by atoms with Gasteiger partial charge in [-0.05, 0) is 20.0 Å². The molecule has 4 nitrogen and oxygen atoms in total. The molecule has 96 valence electrons. The molecule has 1 atom stereocenters. The molecule has 4 heteroatoms. The maximum atomic E-state index is 11.9. The highest BCUT2D eigenvalue weighted by Crippen LogP contribution is 2.32. The number of fused-ring (bicyclic) bond motifs is 1. The number of rotatable bonds is 3. The monoisotopic (exact) mass is 246 g/mol. The highest BCUT2D eigenvalue weighted by Gasteiger charge is 2.20. The van der Waals surface area contributed by atoms with Gasteiger partial charge < -0.3 is 15.8 Å². The largest absolute Gasteiger partial charge is 0.493 e. The number of ketones is 1. The first-order valence-corrected chi connectivity index (χ1v) is 6.04. The second kappa shape index (κ2) is 5.23. The molecule has 3 N–H and O–H groups in total. The van der Waals surface area contributed by atoms with Crippen LogP contribution in [0.4, 0.5) is 0 Å². The Morgan fingerprint density at radius 2 is 2.33 bits per heavy atom. The average Bonchev–Trinajstić information content (AvgIpc) is 2.36. The lowest BCUT2D eigenvalue weighted by Crippen LogP contribution is -2.24. The minimum atomic E-state index is -0.0898. The summed E-state index contributed by atoms with van der Waals surface area (Å²) in [7, 11) is 1.93. The molecule has 1 aliphatic rings. The highest BCUT2D eigenvalue weighted by molar-refractivity contribution is 6.05. The van der Waals surface area contributed by atoms with E-state index in [4.69, 9.17) is 10.5 Å². The van der Waals surface area contributed by atoms with Crippen LogP contribution in [-0.4, -0.2) is 19.4 Å². The molecular formula is C14H18N2O2. The van der Waals surface area contributed by atoms with Gasteiger partial charge in [-0.15, -0.1) is 0 Å². The fourth-order valence-electron chi connectivity index (χ4n) is 2.13. The van der Waals surface area contributed by atoms with Gasteiger partial charge in [-0.25, -0.2) is 0 Å². The van der Waals surface area contributed by atoms with E-state index in [-0.39, 0.29) is 5.78 Å². The van der Waals surface area contributed by atoms with Gasteiger partial charge >= 0.3 is 0 Å². The second-order valence-corrected chi connectivity index (χ2v) is 4.48. The summed E-state index contributed by atoms with van der Waals surface area (Å²) in [5.74, 6) is 0.697. The fourth-order valence-corrected chi connectivity index (χ4v) is 2.13. The van der Waals surface area contributed by atoms with E-state index in [0.29, 0.717) is 23.9 Å². The van der Waals surface area contributed by atoms with E-state index in [1.807, 2.05) is 19.2 Å².